The van der Waals surface area contributed by atoms with Crippen LogP contribution >= 0.6 is 12.2 Å². The number of hydrogen-bond acceptors (Lipinski definition) is 6. The average Bonchev–Trinajstić information content (AvgIpc) is 3.14. The third-order valence-electron chi connectivity index (χ3n) is 4.86. The molecule has 2 saturated carbocycles. The van der Waals surface area contributed by atoms with Crippen molar-refractivity contribution in [2.24, 2.45) is 17.0 Å². The Morgan fingerprint density at radius 3 is 2.64 bits per heavy atom. The first-order chi connectivity index (χ1) is 11.7. The summed E-state index contributed by atoms with van der Waals surface area (Å²) in [7, 11) is -4.02. The Morgan fingerprint density at radius 1 is 1.32 bits per heavy atom. The summed E-state index contributed by atoms with van der Waals surface area (Å²) in [5, 5.41) is 19.8. The van der Waals surface area contributed by atoms with E-state index in [2.05, 4.69) is 16.2 Å². The zero-order chi connectivity index (χ0) is 18.2. The van der Waals surface area contributed by atoms with E-state index in [1.807, 2.05) is 0 Å². The van der Waals surface area contributed by atoms with E-state index < -0.39 is 20.6 Å². The largest absolute Gasteiger partial charge is 0.358 e. The molecule has 3 atom stereocenters. The second-order valence-electron chi connectivity index (χ2n) is 6.49. The van der Waals surface area contributed by atoms with Gasteiger partial charge in [-0.2, -0.15) is 0 Å². The number of nitro benzene ring substituents is 1. The van der Waals surface area contributed by atoms with Crippen LogP contribution in [0.3, 0.4) is 0 Å². The lowest BCUT2D eigenvalue weighted by molar-refractivity contribution is -0.384. The number of sulfonamides is 1. The van der Waals surface area contributed by atoms with E-state index in [0.717, 1.165) is 18.4 Å². The summed E-state index contributed by atoms with van der Waals surface area (Å²) < 4.78 is 22.7. The maximum atomic E-state index is 11.3. The lowest BCUT2D eigenvalue weighted by Gasteiger charge is -2.24. The van der Waals surface area contributed by atoms with E-state index in [-0.39, 0.29) is 10.6 Å². The van der Waals surface area contributed by atoms with Gasteiger partial charge in [-0.3, -0.25) is 21.0 Å². The molecule has 1 aromatic carbocycles. The third kappa shape index (κ3) is 3.99. The summed E-state index contributed by atoms with van der Waals surface area (Å²) in [5.74, 6) is 1.40. The van der Waals surface area contributed by atoms with Crippen molar-refractivity contribution in [1.29, 1.82) is 0 Å². The standard InChI is InChI=1S/C14H19N5O4S2/c15-25(22,23)10-3-4-11(13(7-10)19(20)21)17-18-14(24)16-12-6-8-1-2-9(12)5-8/h3-4,7-9,12,17H,1-2,5-6H2,(H2,15,22,23)(H2,16,18,24)/t8-,9-,12-/m1/s1. The molecular formula is C14H19N5O4S2. The van der Waals surface area contributed by atoms with Crippen LogP contribution in [0.1, 0.15) is 25.7 Å². The summed E-state index contributed by atoms with van der Waals surface area (Å²) in [6.45, 7) is 0. The highest BCUT2D eigenvalue weighted by Crippen LogP contribution is 2.44. The molecule has 2 aliphatic carbocycles. The van der Waals surface area contributed by atoms with Gasteiger partial charge < -0.3 is 5.32 Å². The summed E-state index contributed by atoms with van der Waals surface area (Å²) in [6.07, 6.45) is 4.81. The maximum Gasteiger partial charge on any atom is 0.295 e. The first kappa shape index (κ1) is 17.8. The molecule has 0 radical (unpaired) electrons. The highest BCUT2D eigenvalue weighted by atomic mass is 32.2. The lowest BCUT2D eigenvalue weighted by Crippen LogP contribution is -2.46. The molecule has 1 aromatic rings. The van der Waals surface area contributed by atoms with Crippen molar-refractivity contribution >= 4 is 38.7 Å². The fraction of sp³-hybridized carbons (Fsp3) is 0.500. The zero-order valence-corrected chi connectivity index (χ0v) is 14.9. The average molecular weight is 385 g/mol. The molecule has 0 aromatic heterocycles. The number of nitro groups is 1. The van der Waals surface area contributed by atoms with Gasteiger partial charge in [0, 0.05) is 12.1 Å². The number of hydrogen-bond donors (Lipinski definition) is 4. The van der Waals surface area contributed by atoms with Crippen molar-refractivity contribution in [2.45, 2.75) is 36.6 Å². The van der Waals surface area contributed by atoms with E-state index in [1.54, 1.807) is 0 Å². The van der Waals surface area contributed by atoms with Gasteiger partial charge in [0.1, 0.15) is 5.69 Å². The lowest BCUT2D eigenvalue weighted by atomic mass is 9.96. The Bertz CT molecular complexity index is 813. The molecule has 0 aliphatic heterocycles. The smallest absolute Gasteiger partial charge is 0.295 e. The molecule has 5 N–H and O–H groups in total. The predicted molar refractivity (Wildman–Crippen MR) is 96.2 cm³/mol. The number of anilines is 1. The van der Waals surface area contributed by atoms with E-state index in [4.69, 9.17) is 17.4 Å². The normalized spacial score (nSPS) is 24.8. The van der Waals surface area contributed by atoms with Gasteiger partial charge in [0.2, 0.25) is 10.0 Å². The molecule has 136 valence electrons. The Balaban J connectivity index is 1.64. The number of nitrogens with two attached hydrogens (primary N) is 1. The van der Waals surface area contributed by atoms with Crippen LogP contribution in [-0.2, 0) is 10.0 Å². The Kier molecular flexibility index (Phi) is 4.80. The van der Waals surface area contributed by atoms with Crippen LogP contribution in [0.4, 0.5) is 11.4 Å². The number of fused-ring (bicyclic) bond motifs is 2. The van der Waals surface area contributed by atoms with Crippen LogP contribution in [0, 0.1) is 22.0 Å². The van der Waals surface area contributed by atoms with Crippen LogP contribution < -0.4 is 21.3 Å². The highest BCUT2D eigenvalue weighted by molar-refractivity contribution is 7.89. The van der Waals surface area contributed by atoms with E-state index in [9.17, 15) is 18.5 Å². The molecule has 0 amide bonds. The molecule has 2 fully saturated rings. The molecule has 2 bridgehead atoms. The molecule has 11 heteroatoms. The van der Waals surface area contributed by atoms with E-state index in [0.29, 0.717) is 17.1 Å². The molecule has 0 saturated heterocycles. The van der Waals surface area contributed by atoms with Crippen molar-refractivity contribution in [3.63, 3.8) is 0 Å². The Morgan fingerprint density at radius 2 is 2.08 bits per heavy atom. The van der Waals surface area contributed by atoms with Gasteiger partial charge in [-0.05, 0) is 55.4 Å². The van der Waals surface area contributed by atoms with E-state index >= 15 is 0 Å². The summed E-state index contributed by atoms with van der Waals surface area (Å²) in [6, 6.07) is 3.70. The fourth-order valence-electron chi connectivity index (χ4n) is 3.70. The summed E-state index contributed by atoms with van der Waals surface area (Å²) >= 11 is 5.23. The third-order valence-corrected chi connectivity index (χ3v) is 5.99. The monoisotopic (exact) mass is 385 g/mol. The van der Waals surface area contributed by atoms with E-state index in [1.165, 1.54) is 31.4 Å². The summed E-state index contributed by atoms with van der Waals surface area (Å²) in [5.41, 5.74) is 5.06. The van der Waals surface area contributed by atoms with Crippen LogP contribution in [0.2, 0.25) is 0 Å². The SMILES string of the molecule is NS(=O)(=O)c1ccc(NNC(=S)N[C@@H]2C[C@@H]3CC[C@@H]2C3)c([N+](=O)[O-])c1. The van der Waals surface area contributed by atoms with Crippen molar-refractivity contribution in [3.05, 3.63) is 28.3 Å². The predicted octanol–water partition coefficient (Wildman–Crippen LogP) is 1.22. The van der Waals surface area contributed by atoms with Crippen LogP contribution in [0.5, 0.6) is 0 Å². The van der Waals surface area contributed by atoms with Crippen molar-refractivity contribution in [3.8, 4) is 0 Å². The number of hydrazine groups is 1. The quantitative estimate of drug-likeness (QED) is 0.337. The molecule has 3 rings (SSSR count). The van der Waals surface area contributed by atoms with Crippen molar-refractivity contribution < 1.29 is 13.3 Å². The first-order valence-corrected chi connectivity index (χ1v) is 9.83. The van der Waals surface area contributed by atoms with Gasteiger partial charge in [-0.1, -0.05) is 6.42 Å². The first-order valence-electron chi connectivity index (χ1n) is 7.88. The molecule has 9 nitrogen and oxygen atoms in total. The number of primary sulfonamides is 1. The van der Waals surface area contributed by atoms with Crippen LogP contribution in [0.25, 0.3) is 0 Å². The number of thiocarbonyl (C=S) groups is 1. The van der Waals surface area contributed by atoms with Crippen LogP contribution in [0.15, 0.2) is 23.1 Å². The zero-order valence-electron chi connectivity index (χ0n) is 13.3. The van der Waals surface area contributed by atoms with Gasteiger partial charge >= 0.3 is 0 Å². The molecule has 2 aliphatic rings. The van der Waals surface area contributed by atoms with Gasteiger partial charge in [0.25, 0.3) is 5.69 Å². The van der Waals surface area contributed by atoms with Crippen LogP contribution in [-0.4, -0.2) is 24.5 Å². The number of nitrogens with zero attached hydrogens (tertiary/aromatic N) is 1. The number of benzene rings is 1. The van der Waals surface area contributed by atoms with Gasteiger partial charge in [-0.15, -0.1) is 0 Å². The fourth-order valence-corrected chi connectivity index (χ4v) is 4.43. The minimum absolute atomic E-state index is 0.0921. The minimum atomic E-state index is -4.02. The highest BCUT2D eigenvalue weighted by Gasteiger charge is 2.39. The topological polar surface area (TPSA) is 139 Å². The number of rotatable bonds is 5. The van der Waals surface area contributed by atoms with Gasteiger partial charge in [-0.25, -0.2) is 13.6 Å². The molecule has 0 spiro atoms. The molecule has 0 unspecified atom stereocenters. The van der Waals surface area contributed by atoms with Crippen molar-refractivity contribution in [2.75, 3.05) is 5.43 Å². The van der Waals surface area contributed by atoms with Crippen molar-refractivity contribution in [1.82, 2.24) is 10.7 Å². The van der Waals surface area contributed by atoms with Gasteiger partial charge in [0.05, 0.1) is 9.82 Å². The summed E-state index contributed by atoms with van der Waals surface area (Å²) in [4.78, 5) is 10.1. The second-order valence-corrected chi connectivity index (χ2v) is 8.46. The molecule has 0 heterocycles. The molecular weight excluding hydrogens is 366 g/mol. The molecule has 25 heavy (non-hydrogen) atoms. The minimum Gasteiger partial charge on any atom is -0.358 e. The maximum absolute atomic E-state index is 11.3. The number of nitrogens with one attached hydrogen (secondary N) is 3. The second kappa shape index (κ2) is 6.73. The Hall–Kier alpha value is -1.98. The van der Waals surface area contributed by atoms with Gasteiger partial charge in [0.15, 0.2) is 5.11 Å². The Labute approximate surface area is 150 Å².